The van der Waals surface area contributed by atoms with Crippen LogP contribution < -0.4 is 10.6 Å². The van der Waals surface area contributed by atoms with Gasteiger partial charge in [0.15, 0.2) is 17.5 Å². The Morgan fingerprint density at radius 3 is 2.45 bits per heavy atom. The molecule has 0 aliphatic heterocycles. The SMILES string of the molecule is Cc1ccnc(C)c1CNC(=O)c1cc(NC(=O)c2cc(F)c(F)cc2Cl)n[nH]1.Cl.Cl. The Bertz CT molecular complexity index is 1090. The average molecular weight is 493 g/mol. The monoisotopic (exact) mass is 491 g/mol. The van der Waals surface area contributed by atoms with Crippen molar-refractivity contribution in [1.29, 1.82) is 0 Å². The van der Waals surface area contributed by atoms with Crippen molar-refractivity contribution in [3.63, 3.8) is 0 Å². The van der Waals surface area contributed by atoms with Gasteiger partial charge in [-0.3, -0.25) is 19.7 Å². The summed E-state index contributed by atoms with van der Waals surface area (Å²) in [5.74, 6) is -3.58. The van der Waals surface area contributed by atoms with Crippen LogP contribution in [0.2, 0.25) is 5.02 Å². The van der Waals surface area contributed by atoms with Crippen molar-refractivity contribution in [2.75, 3.05) is 5.32 Å². The lowest BCUT2D eigenvalue weighted by Crippen LogP contribution is -2.24. The molecule has 0 saturated heterocycles. The van der Waals surface area contributed by atoms with Crippen LogP contribution in [0.5, 0.6) is 0 Å². The molecule has 1 aromatic carbocycles. The normalized spacial score (nSPS) is 9.97. The second-order valence-corrected chi connectivity index (χ2v) is 6.65. The van der Waals surface area contributed by atoms with Crippen LogP contribution in [0.4, 0.5) is 14.6 Å². The number of aryl methyl sites for hydroxylation is 2. The fourth-order valence-electron chi connectivity index (χ4n) is 2.64. The Kier molecular flexibility index (Phi) is 9.36. The van der Waals surface area contributed by atoms with Crippen LogP contribution in [0.1, 0.15) is 37.7 Å². The van der Waals surface area contributed by atoms with Crippen molar-refractivity contribution in [3.8, 4) is 0 Å². The standard InChI is InChI=1S/C19H16ClF2N5O2.2ClH/c1-9-3-4-23-10(2)12(9)8-24-19(29)16-7-17(27-26-16)25-18(28)11-5-14(21)15(22)6-13(11)20;;/h3-7H,8H2,1-2H3,(H,24,29)(H2,25,26,27,28);2*1H. The van der Waals surface area contributed by atoms with Crippen molar-refractivity contribution in [3.05, 3.63) is 75.2 Å². The molecule has 0 unspecified atom stereocenters. The van der Waals surface area contributed by atoms with Crippen LogP contribution in [0, 0.1) is 25.5 Å². The highest BCUT2D eigenvalue weighted by molar-refractivity contribution is 6.34. The minimum atomic E-state index is -1.21. The number of hydrogen-bond acceptors (Lipinski definition) is 4. The number of aromatic nitrogens is 3. The van der Waals surface area contributed by atoms with Crippen LogP contribution in [0.15, 0.2) is 30.5 Å². The molecule has 0 saturated carbocycles. The van der Waals surface area contributed by atoms with Gasteiger partial charge in [0.1, 0.15) is 5.69 Å². The summed E-state index contributed by atoms with van der Waals surface area (Å²) in [6.07, 6.45) is 1.69. The largest absolute Gasteiger partial charge is 0.347 e. The van der Waals surface area contributed by atoms with Gasteiger partial charge >= 0.3 is 0 Å². The molecule has 0 aliphatic rings. The molecular formula is C19H18Cl3F2N5O2. The van der Waals surface area contributed by atoms with E-state index in [2.05, 4.69) is 25.8 Å². The summed E-state index contributed by atoms with van der Waals surface area (Å²) in [7, 11) is 0. The number of amides is 2. The number of halogens is 5. The molecule has 3 N–H and O–H groups in total. The Labute approximate surface area is 193 Å². The fourth-order valence-corrected chi connectivity index (χ4v) is 2.87. The van der Waals surface area contributed by atoms with Gasteiger partial charge in [0.05, 0.1) is 10.6 Å². The number of carbonyl (C=O) groups is 2. The fraction of sp³-hybridized carbons (Fsp3) is 0.158. The highest BCUT2D eigenvalue weighted by atomic mass is 35.5. The lowest BCUT2D eigenvalue weighted by Gasteiger charge is -2.09. The Morgan fingerprint density at radius 2 is 1.77 bits per heavy atom. The number of aromatic amines is 1. The maximum atomic E-state index is 13.4. The second kappa shape index (κ2) is 11.0. The van der Waals surface area contributed by atoms with E-state index in [9.17, 15) is 18.4 Å². The maximum absolute atomic E-state index is 13.4. The topological polar surface area (TPSA) is 99.8 Å². The van der Waals surface area contributed by atoms with Crippen LogP contribution in [0.3, 0.4) is 0 Å². The molecule has 0 radical (unpaired) electrons. The van der Waals surface area contributed by atoms with Crippen LogP contribution in [-0.2, 0) is 6.54 Å². The minimum absolute atomic E-state index is 0. The van der Waals surface area contributed by atoms with E-state index in [-0.39, 0.29) is 53.5 Å². The highest BCUT2D eigenvalue weighted by Gasteiger charge is 2.17. The molecule has 0 atom stereocenters. The van der Waals surface area contributed by atoms with Crippen molar-refractivity contribution >= 4 is 54.0 Å². The van der Waals surface area contributed by atoms with Crippen molar-refractivity contribution < 1.29 is 18.4 Å². The molecule has 0 aliphatic carbocycles. The van der Waals surface area contributed by atoms with E-state index in [4.69, 9.17) is 11.6 Å². The van der Waals surface area contributed by atoms with E-state index in [0.717, 1.165) is 16.8 Å². The van der Waals surface area contributed by atoms with E-state index in [1.54, 1.807) is 6.20 Å². The van der Waals surface area contributed by atoms with E-state index in [0.29, 0.717) is 12.1 Å². The first kappa shape index (κ1) is 26.3. The third-order valence-corrected chi connectivity index (χ3v) is 4.56. The number of rotatable bonds is 5. The molecular weight excluding hydrogens is 475 g/mol. The van der Waals surface area contributed by atoms with Gasteiger partial charge in [0.2, 0.25) is 0 Å². The van der Waals surface area contributed by atoms with Crippen LogP contribution in [0.25, 0.3) is 0 Å². The predicted molar refractivity (Wildman–Crippen MR) is 117 cm³/mol. The molecule has 3 rings (SSSR count). The average Bonchev–Trinajstić information content (AvgIpc) is 3.12. The van der Waals surface area contributed by atoms with Gasteiger partial charge in [-0.05, 0) is 43.2 Å². The molecule has 0 bridgehead atoms. The Balaban J connectivity index is 0.00000240. The van der Waals surface area contributed by atoms with Crippen LogP contribution >= 0.6 is 36.4 Å². The zero-order chi connectivity index (χ0) is 21.1. The molecule has 2 aromatic heterocycles. The smallest absolute Gasteiger partial charge is 0.269 e. The summed E-state index contributed by atoms with van der Waals surface area (Å²) in [5.41, 5.74) is 2.56. The van der Waals surface area contributed by atoms with Crippen molar-refractivity contribution in [2.45, 2.75) is 20.4 Å². The van der Waals surface area contributed by atoms with E-state index in [1.165, 1.54) is 6.07 Å². The van der Waals surface area contributed by atoms with Crippen molar-refractivity contribution in [2.24, 2.45) is 0 Å². The first-order valence-corrected chi connectivity index (χ1v) is 8.84. The zero-order valence-electron chi connectivity index (χ0n) is 16.3. The number of benzene rings is 1. The molecule has 2 amide bonds. The molecule has 166 valence electrons. The van der Waals surface area contributed by atoms with Gasteiger partial charge in [-0.25, -0.2) is 8.78 Å². The zero-order valence-corrected chi connectivity index (χ0v) is 18.6. The third kappa shape index (κ3) is 6.13. The quantitative estimate of drug-likeness (QED) is 0.460. The molecule has 2 heterocycles. The van der Waals surface area contributed by atoms with E-state index >= 15 is 0 Å². The number of anilines is 1. The number of nitrogens with one attached hydrogen (secondary N) is 3. The number of carbonyl (C=O) groups excluding carboxylic acids is 2. The molecule has 3 aromatic rings. The Hall–Kier alpha value is -2.75. The second-order valence-electron chi connectivity index (χ2n) is 6.24. The minimum Gasteiger partial charge on any atom is -0.347 e. The molecule has 0 spiro atoms. The maximum Gasteiger partial charge on any atom is 0.269 e. The van der Waals surface area contributed by atoms with Gasteiger partial charge in [-0.2, -0.15) is 5.10 Å². The summed E-state index contributed by atoms with van der Waals surface area (Å²) in [4.78, 5) is 28.7. The van der Waals surface area contributed by atoms with Gasteiger partial charge in [0.25, 0.3) is 11.8 Å². The third-order valence-electron chi connectivity index (χ3n) is 4.25. The van der Waals surface area contributed by atoms with Gasteiger partial charge in [-0.1, -0.05) is 11.6 Å². The number of nitrogens with zero attached hydrogens (tertiary/aromatic N) is 2. The molecule has 0 fully saturated rings. The predicted octanol–water partition coefficient (Wildman–Crippen LogP) is 4.38. The van der Waals surface area contributed by atoms with Gasteiger partial charge in [-0.15, -0.1) is 24.8 Å². The molecule has 31 heavy (non-hydrogen) atoms. The first-order chi connectivity index (χ1) is 13.8. The van der Waals surface area contributed by atoms with Crippen molar-refractivity contribution in [1.82, 2.24) is 20.5 Å². The first-order valence-electron chi connectivity index (χ1n) is 8.47. The number of hydrogen-bond donors (Lipinski definition) is 3. The summed E-state index contributed by atoms with van der Waals surface area (Å²) in [6.45, 7) is 4.04. The highest BCUT2D eigenvalue weighted by Crippen LogP contribution is 2.21. The number of H-pyrrole nitrogens is 1. The summed E-state index contributed by atoms with van der Waals surface area (Å²) >= 11 is 5.78. The Morgan fingerprint density at radius 1 is 1.10 bits per heavy atom. The molecule has 7 nitrogen and oxygen atoms in total. The summed E-state index contributed by atoms with van der Waals surface area (Å²) < 4.78 is 26.5. The van der Waals surface area contributed by atoms with Crippen LogP contribution in [-0.4, -0.2) is 27.0 Å². The summed E-state index contributed by atoms with van der Waals surface area (Å²) in [5, 5.41) is 11.2. The van der Waals surface area contributed by atoms with E-state index < -0.39 is 23.4 Å². The lowest BCUT2D eigenvalue weighted by molar-refractivity contribution is 0.0945. The lowest BCUT2D eigenvalue weighted by atomic mass is 10.1. The number of pyridine rings is 1. The molecule has 12 heteroatoms. The van der Waals surface area contributed by atoms with Gasteiger partial charge in [0, 0.05) is 24.5 Å². The van der Waals surface area contributed by atoms with E-state index in [1.807, 2.05) is 19.9 Å². The summed E-state index contributed by atoms with van der Waals surface area (Å²) in [6, 6.07) is 4.55. The van der Waals surface area contributed by atoms with Gasteiger partial charge < -0.3 is 10.6 Å².